The zero-order valence-electron chi connectivity index (χ0n) is 32.1. The molecule has 1 amide bonds. The quantitative estimate of drug-likeness (QED) is 0.117. The fourth-order valence-corrected chi connectivity index (χ4v) is 9.17. The molecule has 2 N–H and O–H groups in total. The minimum absolute atomic E-state index is 0.265. The highest BCUT2D eigenvalue weighted by Gasteiger charge is 2.47. The maximum atomic E-state index is 14.1. The van der Waals surface area contributed by atoms with Crippen LogP contribution in [0.5, 0.6) is 0 Å². The van der Waals surface area contributed by atoms with Crippen LogP contribution >= 0.6 is 0 Å². The zero-order chi connectivity index (χ0) is 36.7. The number of hydrogen-bond donors (Lipinski definition) is 2. The van der Waals surface area contributed by atoms with Gasteiger partial charge in [-0.1, -0.05) is 60.5 Å². The minimum Gasteiger partial charge on any atom is -0.354 e. The van der Waals surface area contributed by atoms with Crippen molar-refractivity contribution < 1.29 is 4.79 Å². The molecule has 3 aromatic carbocycles. The fraction of sp³-hybridized carbons (Fsp3) is 0.413. The molecular formula is C46H54N6O. The summed E-state index contributed by atoms with van der Waals surface area (Å²) < 4.78 is 2.12. The summed E-state index contributed by atoms with van der Waals surface area (Å²) in [7, 11) is 0. The number of H-pyrrole nitrogens is 1. The van der Waals surface area contributed by atoms with Gasteiger partial charge in [-0.3, -0.25) is 4.79 Å². The SMILES string of the molecule is Cc1cc(C)cc(-c2[nH]c3ccc(C(C)(C)C(=O)N4C5CCC4CC5)cc3c2[C@H](C)CNCCCCc2cnc3c(c2)ncn3Cc2ccccc2)c1. The van der Waals surface area contributed by atoms with E-state index in [4.69, 9.17) is 4.98 Å². The molecule has 2 saturated heterocycles. The molecule has 2 aliphatic heterocycles. The third-order valence-electron chi connectivity index (χ3n) is 12.0. The number of amides is 1. The Kier molecular flexibility index (Phi) is 9.71. The van der Waals surface area contributed by atoms with Gasteiger partial charge in [0.1, 0.15) is 5.52 Å². The minimum atomic E-state index is -0.586. The van der Waals surface area contributed by atoms with Gasteiger partial charge in [0.2, 0.25) is 5.91 Å². The first kappa shape index (κ1) is 35.3. The molecule has 1 atom stereocenters. The Morgan fingerprint density at radius 2 is 1.64 bits per heavy atom. The van der Waals surface area contributed by atoms with Gasteiger partial charge in [0.05, 0.1) is 24.0 Å². The number of hydrogen-bond acceptors (Lipinski definition) is 4. The van der Waals surface area contributed by atoms with Crippen molar-refractivity contribution in [2.24, 2.45) is 0 Å². The summed E-state index contributed by atoms with van der Waals surface area (Å²) in [5.74, 6) is 0.553. The van der Waals surface area contributed by atoms with Crippen LogP contribution in [0.15, 0.2) is 85.3 Å². The normalized spacial score (nSPS) is 17.7. The topological polar surface area (TPSA) is 78.8 Å². The van der Waals surface area contributed by atoms with Crippen molar-refractivity contribution in [3.8, 4) is 11.3 Å². The van der Waals surface area contributed by atoms with Crippen LogP contribution in [0.1, 0.15) is 98.6 Å². The monoisotopic (exact) mass is 706 g/mol. The number of nitrogens with zero attached hydrogens (tertiary/aromatic N) is 4. The number of rotatable bonds is 13. The van der Waals surface area contributed by atoms with Gasteiger partial charge in [-0.2, -0.15) is 0 Å². The predicted molar refractivity (Wildman–Crippen MR) is 216 cm³/mol. The van der Waals surface area contributed by atoms with E-state index >= 15 is 0 Å². The lowest BCUT2D eigenvalue weighted by molar-refractivity contribution is -0.137. The standard InChI is InChI=1S/C46H54N6O/c1-30-21-31(2)23-35(22-30)43-42(39-25-36(14-19-40(39)50-43)46(4,5)45(53)52-37-15-16-38(52)18-17-37)32(3)26-47-20-10-9-13-34-24-41-44(48-27-34)51(29-49-41)28-33-11-7-6-8-12-33/h6-8,11-12,14,19,21-25,27,29,32,37-38,47,50H,9-10,13,15-18,20,26,28H2,1-5H3/t32-,37?,38?/m1/s1. The number of imidazole rings is 1. The summed E-state index contributed by atoms with van der Waals surface area (Å²) in [6, 6.07) is 27.0. The molecule has 7 heteroatoms. The molecule has 0 unspecified atom stereocenters. The van der Waals surface area contributed by atoms with Crippen molar-refractivity contribution in [3.05, 3.63) is 119 Å². The second-order valence-corrected chi connectivity index (χ2v) is 16.5. The highest BCUT2D eigenvalue weighted by molar-refractivity contribution is 5.95. The average Bonchev–Trinajstić information content (AvgIpc) is 3.95. The third-order valence-corrected chi connectivity index (χ3v) is 12.0. The third kappa shape index (κ3) is 7.04. The number of carbonyl (C=O) groups is 1. The van der Waals surface area contributed by atoms with Gasteiger partial charge in [0, 0.05) is 35.7 Å². The Morgan fingerprint density at radius 1 is 0.906 bits per heavy atom. The molecule has 3 aromatic heterocycles. The van der Waals surface area contributed by atoms with Crippen LogP contribution in [-0.2, 0) is 23.2 Å². The maximum absolute atomic E-state index is 14.1. The molecule has 2 bridgehead atoms. The molecule has 6 aromatic rings. The van der Waals surface area contributed by atoms with Crippen LogP contribution in [-0.4, -0.2) is 55.5 Å². The summed E-state index contributed by atoms with van der Waals surface area (Å²) >= 11 is 0. The van der Waals surface area contributed by atoms with E-state index in [1.807, 2.05) is 18.6 Å². The van der Waals surface area contributed by atoms with Crippen LogP contribution in [0, 0.1) is 13.8 Å². The van der Waals surface area contributed by atoms with E-state index in [0.29, 0.717) is 12.1 Å². The number of unbranched alkanes of at least 4 members (excludes halogenated alkanes) is 1. The molecule has 7 nitrogen and oxygen atoms in total. The van der Waals surface area contributed by atoms with Crippen LogP contribution in [0.3, 0.4) is 0 Å². The molecule has 5 heterocycles. The van der Waals surface area contributed by atoms with Gasteiger partial charge < -0.3 is 19.8 Å². The van der Waals surface area contributed by atoms with Gasteiger partial charge >= 0.3 is 0 Å². The first-order chi connectivity index (χ1) is 25.7. The number of carbonyl (C=O) groups excluding carboxylic acids is 1. The van der Waals surface area contributed by atoms with E-state index in [-0.39, 0.29) is 11.8 Å². The Labute approximate surface area is 314 Å². The lowest BCUT2D eigenvalue weighted by Gasteiger charge is -2.33. The molecule has 2 fully saturated rings. The average molecular weight is 707 g/mol. The van der Waals surface area contributed by atoms with Crippen molar-refractivity contribution in [1.29, 1.82) is 0 Å². The summed E-state index contributed by atoms with van der Waals surface area (Å²) in [6.07, 6.45) is 11.7. The smallest absolute Gasteiger partial charge is 0.233 e. The van der Waals surface area contributed by atoms with Crippen molar-refractivity contribution in [1.82, 2.24) is 29.7 Å². The number of aromatic nitrogens is 4. The second kappa shape index (κ2) is 14.6. The first-order valence-corrected chi connectivity index (χ1v) is 19.8. The Bertz CT molecular complexity index is 2210. The van der Waals surface area contributed by atoms with Crippen molar-refractivity contribution >= 4 is 28.0 Å². The van der Waals surface area contributed by atoms with Gasteiger partial charge in [-0.15, -0.1) is 0 Å². The lowest BCUT2D eigenvalue weighted by Crippen LogP contribution is -2.45. The summed E-state index contributed by atoms with van der Waals surface area (Å²) in [5, 5.41) is 5.02. The molecule has 2 aliphatic rings. The molecule has 8 rings (SSSR count). The van der Waals surface area contributed by atoms with Gasteiger partial charge in [0.15, 0.2) is 5.65 Å². The van der Waals surface area contributed by atoms with Crippen LogP contribution < -0.4 is 5.32 Å². The van der Waals surface area contributed by atoms with Crippen molar-refractivity contribution in [2.45, 2.75) is 110 Å². The summed E-state index contributed by atoms with van der Waals surface area (Å²) in [5.41, 5.74) is 12.3. The van der Waals surface area contributed by atoms with E-state index in [2.05, 4.69) is 126 Å². The number of fused-ring (bicyclic) bond motifs is 4. The molecule has 0 aliphatic carbocycles. The summed E-state index contributed by atoms with van der Waals surface area (Å²) in [6.45, 7) is 13.6. The van der Waals surface area contributed by atoms with Crippen LogP contribution in [0.4, 0.5) is 0 Å². The molecule has 274 valence electrons. The number of benzene rings is 3. The van der Waals surface area contributed by atoms with Crippen LogP contribution in [0.2, 0.25) is 0 Å². The summed E-state index contributed by atoms with van der Waals surface area (Å²) in [4.78, 5) is 29.6. The molecule has 53 heavy (non-hydrogen) atoms. The zero-order valence-corrected chi connectivity index (χ0v) is 32.1. The van der Waals surface area contributed by atoms with Gasteiger partial charge in [-0.25, -0.2) is 9.97 Å². The van der Waals surface area contributed by atoms with E-state index < -0.39 is 5.41 Å². The number of aromatic amines is 1. The number of nitrogens with one attached hydrogen (secondary N) is 2. The first-order valence-electron chi connectivity index (χ1n) is 19.8. The van der Waals surface area contributed by atoms with Gasteiger partial charge in [-0.05, 0) is 143 Å². The molecule has 0 saturated carbocycles. The highest BCUT2D eigenvalue weighted by Crippen LogP contribution is 2.43. The maximum Gasteiger partial charge on any atom is 0.233 e. The largest absolute Gasteiger partial charge is 0.354 e. The highest BCUT2D eigenvalue weighted by atomic mass is 16.2. The fourth-order valence-electron chi connectivity index (χ4n) is 9.17. The van der Waals surface area contributed by atoms with Crippen molar-refractivity contribution in [3.63, 3.8) is 0 Å². The van der Waals surface area contributed by atoms with Crippen molar-refractivity contribution in [2.75, 3.05) is 13.1 Å². The Balaban J connectivity index is 0.950. The Hall–Kier alpha value is -4.75. The Morgan fingerprint density at radius 3 is 2.38 bits per heavy atom. The van der Waals surface area contributed by atoms with E-state index in [1.165, 1.54) is 44.5 Å². The number of aryl methyl sites for hydroxylation is 3. The van der Waals surface area contributed by atoms with Crippen LogP contribution in [0.25, 0.3) is 33.3 Å². The predicted octanol–water partition coefficient (Wildman–Crippen LogP) is 9.39. The lowest BCUT2D eigenvalue weighted by atomic mass is 9.81. The second-order valence-electron chi connectivity index (χ2n) is 16.5. The van der Waals surface area contributed by atoms with E-state index in [9.17, 15) is 4.79 Å². The van der Waals surface area contributed by atoms with Gasteiger partial charge in [0.25, 0.3) is 0 Å². The number of pyridine rings is 1. The molecular weight excluding hydrogens is 653 g/mol. The molecule has 0 radical (unpaired) electrons. The molecule has 0 spiro atoms. The van der Waals surface area contributed by atoms with E-state index in [1.54, 1.807) is 0 Å². The van der Waals surface area contributed by atoms with E-state index in [0.717, 1.165) is 86.8 Å².